The molecule has 1 atom stereocenters. The number of hydrogen-bond acceptors (Lipinski definition) is 4. The van der Waals surface area contributed by atoms with Crippen LogP contribution in [0.1, 0.15) is 30.9 Å². The van der Waals surface area contributed by atoms with Crippen molar-refractivity contribution in [1.29, 1.82) is 0 Å². The third-order valence-corrected chi connectivity index (χ3v) is 5.05. The zero-order valence-electron chi connectivity index (χ0n) is 18.3. The van der Waals surface area contributed by atoms with Crippen molar-refractivity contribution in [3.05, 3.63) is 59.7 Å². The van der Waals surface area contributed by atoms with Crippen LogP contribution >= 0.6 is 0 Å². The van der Waals surface area contributed by atoms with Crippen LogP contribution in [0.3, 0.4) is 0 Å². The maximum atomic E-state index is 12.3. The van der Waals surface area contributed by atoms with Gasteiger partial charge in [0.15, 0.2) is 5.96 Å². The average Bonchev–Trinajstić information content (AvgIpc) is 3.33. The van der Waals surface area contributed by atoms with Gasteiger partial charge in [0.25, 0.3) is 5.91 Å². The number of nitrogens with one attached hydrogen (secondary N) is 3. The van der Waals surface area contributed by atoms with Crippen molar-refractivity contribution in [2.24, 2.45) is 4.99 Å². The normalized spacial score (nSPS) is 16.1. The summed E-state index contributed by atoms with van der Waals surface area (Å²) in [4.78, 5) is 16.9. The van der Waals surface area contributed by atoms with E-state index in [1.165, 1.54) is 5.56 Å². The van der Waals surface area contributed by atoms with Gasteiger partial charge >= 0.3 is 0 Å². The second-order valence-corrected chi connectivity index (χ2v) is 7.41. The first kappa shape index (κ1) is 22.6. The largest absolute Gasteiger partial charge is 0.497 e. The van der Waals surface area contributed by atoms with E-state index in [0.717, 1.165) is 55.3 Å². The van der Waals surface area contributed by atoms with Gasteiger partial charge in [-0.25, -0.2) is 4.99 Å². The molecule has 3 rings (SSSR count). The van der Waals surface area contributed by atoms with Gasteiger partial charge in [0.05, 0.1) is 13.7 Å². The fraction of sp³-hybridized carbons (Fsp3) is 0.417. The van der Waals surface area contributed by atoms with E-state index in [1.807, 2.05) is 43.3 Å². The monoisotopic (exact) mass is 424 g/mol. The predicted octanol–water partition coefficient (Wildman–Crippen LogP) is 3.11. The molecular formula is C24H32N4O3. The first-order valence-electron chi connectivity index (χ1n) is 10.8. The number of ether oxygens (including phenoxy) is 2. The number of aliphatic imine (C=N–C) groups is 1. The van der Waals surface area contributed by atoms with E-state index in [1.54, 1.807) is 7.11 Å². The number of guanidine groups is 1. The molecule has 1 aliphatic heterocycles. The molecule has 7 nitrogen and oxygen atoms in total. The maximum absolute atomic E-state index is 12.3. The Morgan fingerprint density at radius 2 is 2.00 bits per heavy atom. The first-order valence-corrected chi connectivity index (χ1v) is 10.8. The molecule has 1 heterocycles. The van der Waals surface area contributed by atoms with Gasteiger partial charge < -0.3 is 25.4 Å². The third kappa shape index (κ3) is 7.29. The summed E-state index contributed by atoms with van der Waals surface area (Å²) in [5.41, 5.74) is 3.03. The zero-order valence-corrected chi connectivity index (χ0v) is 18.3. The highest BCUT2D eigenvalue weighted by Crippen LogP contribution is 2.17. The lowest BCUT2D eigenvalue weighted by molar-refractivity contribution is -0.124. The molecule has 2 aromatic carbocycles. The Morgan fingerprint density at radius 3 is 2.71 bits per heavy atom. The van der Waals surface area contributed by atoms with E-state index < -0.39 is 0 Å². The Bertz CT molecular complexity index is 861. The third-order valence-electron chi connectivity index (χ3n) is 5.05. The van der Waals surface area contributed by atoms with Crippen LogP contribution in [-0.4, -0.2) is 44.8 Å². The number of methoxy groups -OCH3 is 1. The van der Waals surface area contributed by atoms with Crippen LogP contribution in [0.5, 0.6) is 5.75 Å². The fourth-order valence-corrected chi connectivity index (χ4v) is 3.38. The quantitative estimate of drug-likeness (QED) is 0.426. The Kier molecular flexibility index (Phi) is 8.72. The van der Waals surface area contributed by atoms with Crippen LogP contribution in [0, 0.1) is 0 Å². The molecule has 1 amide bonds. The van der Waals surface area contributed by atoms with Crippen LogP contribution in [-0.2, 0) is 22.5 Å². The summed E-state index contributed by atoms with van der Waals surface area (Å²) in [5, 5.41) is 9.59. The van der Waals surface area contributed by atoms with E-state index >= 15 is 0 Å². The molecule has 3 N–H and O–H groups in total. The predicted molar refractivity (Wildman–Crippen MR) is 124 cm³/mol. The molecular weight excluding hydrogens is 392 g/mol. The minimum Gasteiger partial charge on any atom is -0.497 e. The van der Waals surface area contributed by atoms with Crippen molar-refractivity contribution in [3.8, 4) is 5.75 Å². The number of amides is 1. The molecule has 0 bridgehead atoms. The smallest absolute Gasteiger partial charge is 0.253 e. The van der Waals surface area contributed by atoms with Gasteiger partial charge in [0.2, 0.25) is 0 Å². The highest BCUT2D eigenvalue weighted by molar-refractivity contribution is 5.94. The SMILES string of the molecule is CCNC(=NCc1cccc(NC(=O)C2CCCO2)c1)NCCc1ccc(OC)cc1. The van der Waals surface area contributed by atoms with E-state index in [4.69, 9.17) is 9.47 Å². The topological polar surface area (TPSA) is 84.0 Å². The van der Waals surface area contributed by atoms with Gasteiger partial charge in [-0.15, -0.1) is 0 Å². The Morgan fingerprint density at radius 1 is 1.16 bits per heavy atom. The van der Waals surface area contributed by atoms with Crippen molar-refractivity contribution in [1.82, 2.24) is 10.6 Å². The van der Waals surface area contributed by atoms with Crippen LogP contribution in [0.2, 0.25) is 0 Å². The Labute approximate surface area is 184 Å². The summed E-state index contributed by atoms with van der Waals surface area (Å²) in [7, 11) is 1.67. The van der Waals surface area contributed by atoms with E-state index in [-0.39, 0.29) is 12.0 Å². The lowest BCUT2D eigenvalue weighted by Gasteiger charge is -2.13. The molecule has 0 spiro atoms. The zero-order chi connectivity index (χ0) is 21.9. The summed E-state index contributed by atoms with van der Waals surface area (Å²) in [6.07, 6.45) is 2.27. The van der Waals surface area contributed by atoms with Crippen LogP contribution < -0.4 is 20.7 Å². The van der Waals surface area contributed by atoms with Crippen LogP contribution in [0.15, 0.2) is 53.5 Å². The molecule has 1 aliphatic rings. The van der Waals surface area contributed by atoms with Gasteiger partial charge in [-0.1, -0.05) is 24.3 Å². The average molecular weight is 425 g/mol. The fourth-order valence-electron chi connectivity index (χ4n) is 3.38. The molecule has 1 fully saturated rings. The van der Waals surface area contributed by atoms with Crippen molar-refractivity contribution < 1.29 is 14.3 Å². The molecule has 166 valence electrons. The van der Waals surface area contributed by atoms with Crippen molar-refractivity contribution in [2.75, 3.05) is 32.1 Å². The molecule has 31 heavy (non-hydrogen) atoms. The first-order chi connectivity index (χ1) is 15.2. The minimum atomic E-state index is -0.336. The van der Waals surface area contributed by atoms with Gasteiger partial charge in [0, 0.05) is 25.4 Å². The van der Waals surface area contributed by atoms with E-state index in [9.17, 15) is 4.79 Å². The standard InChI is InChI=1S/C24H32N4O3/c1-3-25-24(26-14-13-18-9-11-21(30-2)12-10-18)27-17-19-6-4-7-20(16-19)28-23(29)22-8-5-15-31-22/h4,6-7,9-12,16,22H,3,5,8,13-15,17H2,1-2H3,(H,28,29)(H2,25,26,27). The number of anilines is 1. The second-order valence-electron chi connectivity index (χ2n) is 7.41. The molecule has 1 saturated heterocycles. The van der Waals surface area contributed by atoms with Crippen molar-refractivity contribution in [3.63, 3.8) is 0 Å². The summed E-state index contributed by atoms with van der Waals surface area (Å²) in [6, 6.07) is 15.9. The Balaban J connectivity index is 1.52. The van der Waals surface area contributed by atoms with E-state index in [2.05, 4.69) is 33.1 Å². The summed E-state index contributed by atoms with van der Waals surface area (Å²) in [5.74, 6) is 1.55. The van der Waals surface area contributed by atoms with Gasteiger partial charge in [-0.2, -0.15) is 0 Å². The van der Waals surface area contributed by atoms with Crippen molar-refractivity contribution in [2.45, 2.75) is 38.8 Å². The molecule has 2 aromatic rings. The molecule has 1 unspecified atom stereocenters. The molecule has 7 heteroatoms. The number of hydrogen-bond donors (Lipinski definition) is 3. The molecule has 0 radical (unpaired) electrons. The Hall–Kier alpha value is -3.06. The molecule has 0 saturated carbocycles. The van der Waals surface area contributed by atoms with Crippen LogP contribution in [0.4, 0.5) is 5.69 Å². The minimum absolute atomic E-state index is 0.0771. The number of rotatable bonds is 9. The molecule has 0 aromatic heterocycles. The summed E-state index contributed by atoms with van der Waals surface area (Å²) in [6.45, 7) is 4.77. The van der Waals surface area contributed by atoms with Gasteiger partial charge in [0.1, 0.15) is 11.9 Å². The highest BCUT2D eigenvalue weighted by atomic mass is 16.5. The second kappa shape index (κ2) is 12.0. The molecule has 0 aliphatic carbocycles. The van der Waals surface area contributed by atoms with Crippen molar-refractivity contribution >= 4 is 17.6 Å². The number of benzene rings is 2. The maximum Gasteiger partial charge on any atom is 0.253 e. The highest BCUT2D eigenvalue weighted by Gasteiger charge is 2.23. The van der Waals surface area contributed by atoms with Crippen LogP contribution in [0.25, 0.3) is 0 Å². The summed E-state index contributed by atoms with van der Waals surface area (Å²) < 4.78 is 10.6. The summed E-state index contributed by atoms with van der Waals surface area (Å²) >= 11 is 0. The number of carbonyl (C=O) groups is 1. The number of nitrogens with zero attached hydrogens (tertiary/aromatic N) is 1. The van der Waals surface area contributed by atoms with Gasteiger partial charge in [-0.3, -0.25) is 4.79 Å². The lowest BCUT2D eigenvalue weighted by Crippen LogP contribution is -2.38. The number of carbonyl (C=O) groups excluding carboxylic acids is 1. The van der Waals surface area contributed by atoms with E-state index in [0.29, 0.717) is 13.2 Å². The lowest BCUT2D eigenvalue weighted by atomic mass is 10.1. The van der Waals surface area contributed by atoms with Gasteiger partial charge in [-0.05, 0) is 61.6 Å².